The molecule has 0 spiro atoms. The lowest BCUT2D eigenvalue weighted by Gasteiger charge is -2.25. The van der Waals surface area contributed by atoms with Crippen LogP contribution in [-0.2, 0) is 14.3 Å². The molecule has 1 unspecified atom stereocenters. The number of ether oxygens (including phenoxy) is 2. The van der Waals surface area contributed by atoms with E-state index in [0.717, 1.165) is 5.56 Å². The molecule has 0 aromatic heterocycles. The topological polar surface area (TPSA) is 84.9 Å². The van der Waals surface area contributed by atoms with E-state index in [2.05, 4.69) is 5.32 Å². The van der Waals surface area contributed by atoms with Gasteiger partial charge in [-0.2, -0.15) is 0 Å². The van der Waals surface area contributed by atoms with E-state index in [1.807, 2.05) is 0 Å². The van der Waals surface area contributed by atoms with Gasteiger partial charge in [0, 0.05) is 6.42 Å². The fraction of sp³-hybridized carbons (Fsp3) is 0.529. The second-order valence-electron chi connectivity index (χ2n) is 6.19. The Bertz CT molecular complexity index is 519. The Hall–Kier alpha value is -2.08. The maximum Gasteiger partial charge on any atom is 0.328 e. The summed E-state index contributed by atoms with van der Waals surface area (Å²) >= 11 is 0. The number of rotatable bonds is 8. The van der Waals surface area contributed by atoms with Crippen LogP contribution < -0.4 is 10.1 Å². The van der Waals surface area contributed by atoms with Crippen LogP contribution in [0.1, 0.15) is 45.2 Å². The number of hydrogen-bond acceptors (Lipinski definition) is 5. The molecule has 0 aliphatic carbocycles. The van der Waals surface area contributed by atoms with Crippen LogP contribution >= 0.6 is 0 Å². The van der Waals surface area contributed by atoms with Gasteiger partial charge in [0.2, 0.25) is 0 Å². The molecule has 1 rings (SSSR count). The number of benzene rings is 1. The molecule has 0 aliphatic rings. The van der Waals surface area contributed by atoms with Crippen LogP contribution in [0.25, 0.3) is 0 Å². The van der Waals surface area contributed by atoms with Crippen LogP contribution in [0, 0.1) is 0 Å². The molecule has 0 aliphatic heterocycles. The fourth-order valence-corrected chi connectivity index (χ4v) is 1.98. The Morgan fingerprint density at radius 3 is 2.30 bits per heavy atom. The van der Waals surface area contributed by atoms with Gasteiger partial charge in [0.1, 0.15) is 17.4 Å². The second-order valence-corrected chi connectivity index (χ2v) is 6.19. The molecular formula is C17H25NO5. The Labute approximate surface area is 136 Å². The Balaban J connectivity index is 2.81. The highest BCUT2D eigenvalue weighted by molar-refractivity contribution is 5.78. The minimum atomic E-state index is -0.856. The molecule has 23 heavy (non-hydrogen) atoms. The highest BCUT2D eigenvalue weighted by Crippen LogP contribution is 2.21. The molecule has 6 heteroatoms. The standard InChI is InChI=1S/C17H25NO5/c1-17(2,3)23-16(21)15(18-11-5-6-14(19)20)12-7-9-13(22-4)10-8-12/h7-10,15,18H,5-6,11H2,1-4H3,(H,19,20). The lowest BCUT2D eigenvalue weighted by Crippen LogP contribution is -2.35. The van der Waals surface area contributed by atoms with E-state index in [9.17, 15) is 9.59 Å². The van der Waals surface area contributed by atoms with Gasteiger partial charge in [-0.1, -0.05) is 12.1 Å². The van der Waals surface area contributed by atoms with Crippen LogP contribution in [0.4, 0.5) is 0 Å². The maximum atomic E-state index is 12.4. The summed E-state index contributed by atoms with van der Waals surface area (Å²) in [5, 5.41) is 11.8. The van der Waals surface area contributed by atoms with Crippen LogP contribution in [0.15, 0.2) is 24.3 Å². The summed E-state index contributed by atoms with van der Waals surface area (Å²) in [5.41, 5.74) is 0.153. The average Bonchev–Trinajstić information content (AvgIpc) is 2.45. The number of carboxylic acids is 1. The zero-order valence-corrected chi connectivity index (χ0v) is 14.1. The number of methoxy groups -OCH3 is 1. The van der Waals surface area contributed by atoms with E-state index < -0.39 is 23.6 Å². The van der Waals surface area contributed by atoms with Crippen molar-refractivity contribution in [3.05, 3.63) is 29.8 Å². The molecule has 0 fully saturated rings. The van der Waals surface area contributed by atoms with Gasteiger partial charge < -0.3 is 19.9 Å². The van der Waals surface area contributed by atoms with Crippen LogP contribution in [0.3, 0.4) is 0 Å². The highest BCUT2D eigenvalue weighted by Gasteiger charge is 2.26. The van der Waals surface area contributed by atoms with E-state index in [1.165, 1.54) is 0 Å². The smallest absolute Gasteiger partial charge is 0.328 e. The van der Waals surface area contributed by atoms with Crippen molar-refractivity contribution in [2.45, 2.75) is 45.3 Å². The van der Waals surface area contributed by atoms with E-state index >= 15 is 0 Å². The molecule has 6 nitrogen and oxygen atoms in total. The molecule has 0 heterocycles. The Morgan fingerprint density at radius 1 is 1.22 bits per heavy atom. The lowest BCUT2D eigenvalue weighted by atomic mass is 10.1. The van der Waals surface area contributed by atoms with Gasteiger partial charge in [0.25, 0.3) is 0 Å². The minimum absolute atomic E-state index is 0.0522. The number of carbonyl (C=O) groups is 2. The molecule has 0 amide bonds. The highest BCUT2D eigenvalue weighted by atomic mass is 16.6. The van der Waals surface area contributed by atoms with Gasteiger partial charge in [-0.3, -0.25) is 4.79 Å². The number of carboxylic acid groups (broad SMARTS) is 1. The number of esters is 1. The normalized spacial score (nSPS) is 12.5. The SMILES string of the molecule is COc1ccc(C(NCCCC(=O)O)C(=O)OC(C)(C)C)cc1. The van der Waals surface area contributed by atoms with Crippen LogP contribution in [0.5, 0.6) is 5.75 Å². The van der Waals surface area contributed by atoms with Gasteiger partial charge in [0.15, 0.2) is 0 Å². The minimum Gasteiger partial charge on any atom is -0.497 e. The summed E-state index contributed by atoms with van der Waals surface area (Å²) < 4.78 is 10.6. The van der Waals surface area contributed by atoms with Crippen molar-refractivity contribution in [3.8, 4) is 5.75 Å². The first kappa shape index (κ1) is 19.0. The number of carbonyl (C=O) groups excluding carboxylic acids is 1. The monoisotopic (exact) mass is 323 g/mol. The Morgan fingerprint density at radius 2 is 1.83 bits per heavy atom. The van der Waals surface area contributed by atoms with Crippen molar-refractivity contribution >= 4 is 11.9 Å². The van der Waals surface area contributed by atoms with Crippen molar-refractivity contribution in [2.24, 2.45) is 0 Å². The fourth-order valence-electron chi connectivity index (χ4n) is 1.98. The van der Waals surface area contributed by atoms with Gasteiger partial charge in [-0.25, -0.2) is 4.79 Å². The first-order valence-corrected chi connectivity index (χ1v) is 7.55. The van der Waals surface area contributed by atoms with Gasteiger partial charge in [0.05, 0.1) is 7.11 Å². The molecule has 1 aromatic carbocycles. The third-order valence-electron chi connectivity index (χ3n) is 3.01. The lowest BCUT2D eigenvalue weighted by molar-refractivity contribution is -0.157. The molecule has 2 N–H and O–H groups in total. The first-order chi connectivity index (χ1) is 10.7. The maximum absolute atomic E-state index is 12.4. The molecule has 128 valence electrons. The van der Waals surface area contributed by atoms with E-state index in [0.29, 0.717) is 18.7 Å². The van der Waals surface area contributed by atoms with E-state index in [4.69, 9.17) is 14.6 Å². The predicted octanol–water partition coefficient (Wildman–Crippen LogP) is 2.53. The average molecular weight is 323 g/mol. The Kier molecular flexibility index (Phi) is 7.03. The molecule has 1 aromatic rings. The summed E-state index contributed by atoms with van der Waals surface area (Å²) in [4.78, 5) is 23.0. The number of hydrogen-bond donors (Lipinski definition) is 2. The summed E-state index contributed by atoms with van der Waals surface area (Å²) in [6.07, 6.45) is 0.488. The van der Waals surface area contributed by atoms with Crippen molar-refractivity contribution < 1.29 is 24.2 Å². The second kappa shape index (κ2) is 8.53. The third-order valence-corrected chi connectivity index (χ3v) is 3.01. The zero-order valence-electron chi connectivity index (χ0n) is 14.1. The molecule has 1 atom stereocenters. The quantitative estimate of drug-likeness (QED) is 0.565. The molecular weight excluding hydrogens is 298 g/mol. The summed E-state index contributed by atoms with van der Waals surface area (Å²) in [5.74, 6) is -0.550. The summed E-state index contributed by atoms with van der Waals surface area (Å²) in [6.45, 7) is 5.82. The van der Waals surface area contributed by atoms with Crippen molar-refractivity contribution in [1.82, 2.24) is 5.32 Å². The number of aliphatic carboxylic acids is 1. The van der Waals surface area contributed by atoms with Gasteiger partial charge >= 0.3 is 11.9 Å². The van der Waals surface area contributed by atoms with Gasteiger partial charge in [-0.15, -0.1) is 0 Å². The molecule has 0 saturated heterocycles. The van der Waals surface area contributed by atoms with Crippen LogP contribution in [0.2, 0.25) is 0 Å². The molecule has 0 radical (unpaired) electrons. The predicted molar refractivity (Wildman–Crippen MR) is 86.5 cm³/mol. The summed E-state index contributed by atoms with van der Waals surface area (Å²) in [6, 6.07) is 6.47. The van der Waals surface area contributed by atoms with Crippen molar-refractivity contribution in [1.29, 1.82) is 0 Å². The molecule has 0 bridgehead atoms. The van der Waals surface area contributed by atoms with Crippen molar-refractivity contribution in [3.63, 3.8) is 0 Å². The third kappa shape index (κ3) is 7.15. The number of nitrogens with one attached hydrogen (secondary N) is 1. The van der Waals surface area contributed by atoms with Gasteiger partial charge in [-0.05, 0) is 51.4 Å². The molecule has 0 saturated carbocycles. The van der Waals surface area contributed by atoms with E-state index in [1.54, 1.807) is 52.1 Å². The van der Waals surface area contributed by atoms with E-state index in [-0.39, 0.29) is 6.42 Å². The zero-order chi connectivity index (χ0) is 17.5. The summed E-state index contributed by atoms with van der Waals surface area (Å²) in [7, 11) is 1.57. The first-order valence-electron chi connectivity index (χ1n) is 7.55. The van der Waals surface area contributed by atoms with Crippen LogP contribution in [-0.4, -0.2) is 36.3 Å². The largest absolute Gasteiger partial charge is 0.497 e. The van der Waals surface area contributed by atoms with Crippen molar-refractivity contribution in [2.75, 3.05) is 13.7 Å².